The Kier molecular flexibility index (Phi) is 8.45. The minimum Gasteiger partial charge on any atom is -0.493 e. The normalized spacial score (nSPS) is 15.3. The standard InChI is InChI=1S/C23H27ClF3N3O3/c1-3-32-19-5-4-6-20(33-14-13-30-11-9-29(2)10-12-30)21(19)22(31)28-16-7-8-18(24)17(15-16)23(25,26)27/h4-8,15H,3,9-14H2,1-2H3,(H,28,31). The van der Waals surface area contributed by atoms with Gasteiger partial charge >= 0.3 is 6.18 Å². The number of amides is 1. The van der Waals surface area contributed by atoms with Gasteiger partial charge in [0.15, 0.2) is 0 Å². The number of anilines is 1. The zero-order valence-corrected chi connectivity index (χ0v) is 19.3. The molecule has 0 spiro atoms. The number of nitrogens with one attached hydrogen (secondary N) is 1. The summed E-state index contributed by atoms with van der Waals surface area (Å²) in [5, 5.41) is 2.07. The maximum atomic E-state index is 13.2. The van der Waals surface area contributed by atoms with E-state index in [0.29, 0.717) is 25.5 Å². The van der Waals surface area contributed by atoms with Gasteiger partial charge in [-0.3, -0.25) is 9.69 Å². The Hall–Kier alpha value is -2.49. The van der Waals surface area contributed by atoms with Gasteiger partial charge in [0.2, 0.25) is 0 Å². The second-order valence-corrected chi connectivity index (χ2v) is 8.11. The number of nitrogens with zero attached hydrogens (tertiary/aromatic N) is 2. The molecule has 0 bridgehead atoms. The van der Waals surface area contributed by atoms with Crippen LogP contribution in [0.3, 0.4) is 0 Å². The molecular formula is C23H27ClF3N3O3. The van der Waals surface area contributed by atoms with Gasteiger partial charge in [0.25, 0.3) is 5.91 Å². The predicted molar refractivity (Wildman–Crippen MR) is 121 cm³/mol. The number of halogens is 4. The summed E-state index contributed by atoms with van der Waals surface area (Å²) in [7, 11) is 2.08. The first kappa shape index (κ1) is 25.1. The van der Waals surface area contributed by atoms with Gasteiger partial charge in [0, 0.05) is 38.4 Å². The number of ether oxygens (including phenoxy) is 2. The number of likely N-dealkylation sites (N-methyl/N-ethyl adjacent to an activating group) is 1. The van der Waals surface area contributed by atoms with E-state index in [1.165, 1.54) is 6.07 Å². The average Bonchev–Trinajstić information content (AvgIpc) is 2.76. The second kappa shape index (κ2) is 11.1. The van der Waals surface area contributed by atoms with Gasteiger partial charge in [-0.25, -0.2) is 0 Å². The third-order valence-electron chi connectivity index (χ3n) is 5.31. The highest BCUT2D eigenvalue weighted by molar-refractivity contribution is 6.31. The highest BCUT2D eigenvalue weighted by Gasteiger charge is 2.33. The van der Waals surface area contributed by atoms with E-state index >= 15 is 0 Å². The molecule has 0 radical (unpaired) electrons. The lowest BCUT2D eigenvalue weighted by molar-refractivity contribution is -0.137. The van der Waals surface area contributed by atoms with Crippen molar-refractivity contribution in [3.05, 3.63) is 52.5 Å². The maximum absolute atomic E-state index is 13.2. The summed E-state index contributed by atoms with van der Waals surface area (Å²) in [5.74, 6) is -0.0428. The highest BCUT2D eigenvalue weighted by Crippen LogP contribution is 2.37. The van der Waals surface area contributed by atoms with Crippen LogP contribution in [0.1, 0.15) is 22.8 Å². The first-order chi connectivity index (χ1) is 15.7. The van der Waals surface area contributed by atoms with E-state index in [1.807, 2.05) is 0 Å². The SMILES string of the molecule is CCOc1cccc(OCCN2CCN(C)CC2)c1C(=O)Nc1ccc(Cl)c(C(F)(F)F)c1. The van der Waals surface area contributed by atoms with Crippen molar-refractivity contribution in [3.8, 4) is 11.5 Å². The van der Waals surface area contributed by atoms with Crippen molar-refractivity contribution in [2.75, 3.05) is 58.3 Å². The van der Waals surface area contributed by atoms with Crippen molar-refractivity contribution in [1.82, 2.24) is 9.80 Å². The highest BCUT2D eigenvalue weighted by atomic mass is 35.5. The van der Waals surface area contributed by atoms with E-state index in [1.54, 1.807) is 25.1 Å². The molecule has 180 valence electrons. The fourth-order valence-electron chi connectivity index (χ4n) is 3.50. The molecule has 0 aliphatic carbocycles. The van der Waals surface area contributed by atoms with Crippen LogP contribution in [0.4, 0.5) is 18.9 Å². The van der Waals surface area contributed by atoms with E-state index in [2.05, 4.69) is 22.2 Å². The monoisotopic (exact) mass is 485 g/mol. The summed E-state index contributed by atoms with van der Waals surface area (Å²) >= 11 is 5.68. The van der Waals surface area contributed by atoms with Gasteiger partial charge < -0.3 is 19.7 Å². The van der Waals surface area contributed by atoms with E-state index in [4.69, 9.17) is 21.1 Å². The summed E-state index contributed by atoms with van der Waals surface area (Å²) in [4.78, 5) is 17.6. The molecule has 0 saturated carbocycles. The van der Waals surface area contributed by atoms with E-state index in [0.717, 1.165) is 38.3 Å². The Balaban J connectivity index is 1.77. The van der Waals surface area contributed by atoms with Crippen molar-refractivity contribution in [3.63, 3.8) is 0 Å². The Morgan fingerprint density at radius 2 is 1.76 bits per heavy atom. The van der Waals surface area contributed by atoms with Crippen LogP contribution in [-0.2, 0) is 6.18 Å². The number of hydrogen-bond acceptors (Lipinski definition) is 5. The fraction of sp³-hybridized carbons (Fsp3) is 0.435. The van der Waals surface area contributed by atoms with Gasteiger partial charge in [-0.1, -0.05) is 17.7 Å². The molecule has 1 heterocycles. The average molecular weight is 486 g/mol. The summed E-state index contributed by atoms with van der Waals surface area (Å²) < 4.78 is 51.1. The van der Waals surface area contributed by atoms with Crippen LogP contribution in [0.2, 0.25) is 5.02 Å². The number of carbonyl (C=O) groups excluding carboxylic acids is 1. The second-order valence-electron chi connectivity index (χ2n) is 7.70. The number of hydrogen-bond donors (Lipinski definition) is 1. The third kappa shape index (κ3) is 6.75. The van der Waals surface area contributed by atoms with E-state index < -0.39 is 22.7 Å². The predicted octanol–water partition coefficient (Wildman–Crippen LogP) is 4.64. The van der Waals surface area contributed by atoms with Crippen LogP contribution < -0.4 is 14.8 Å². The van der Waals surface area contributed by atoms with Crippen molar-refractivity contribution >= 4 is 23.2 Å². The van der Waals surface area contributed by atoms with Crippen LogP contribution in [0, 0.1) is 0 Å². The molecule has 1 amide bonds. The van der Waals surface area contributed by atoms with Crippen LogP contribution in [0.25, 0.3) is 0 Å². The molecule has 1 saturated heterocycles. The van der Waals surface area contributed by atoms with Gasteiger partial charge in [0.05, 0.1) is 17.2 Å². The first-order valence-electron chi connectivity index (χ1n) is 10.7. The number of carbonyl (C=O) groups is 1. The quantitative estimate of drug-likeness (QED) is 0.590. The van der Waals surface area contributed by atoms with Crippen molar-refractivity contribution in [2.45, 2.75) is 13.1 Å². The van der Waals surface area contributed by atoms with E-state index in [9.17, 15) is 18.0 Å². The van der Waals surface area contributed by atoms with Gasteiger partial charge in [-0.2, -0.15) is 13.2 Å². The van der Waals surface area contributed by atoms with Gasteiger partial charge in [-0.05, 0) is 44.3 Å². The fourth-order valence-corrected chi connectivity index (χ4v) is 3.73. The molecule has 0 unspecified atom stereocenters. The topological polar surface area (TPSA) is 54.0 Å². The Morgan fingerprint density at radius 1 is 1.09 bits per heavy atom. The molecular weight excluding hydrogens is 459 g/mol. The third-order valence-corrected chi connectivity index (χ3v) is 5.64. The molecule has 6 nitrogen and oxygen atoms in total. The number of alkyl halides is 3. The lowest BCUT2D eigenvalue weighted by atomic mass is 10.1. The maximum Gasteiger partial charge on any atom is 0.417 e. The summed E-state index contributed by atoms with van der Waals surface area (Å²) in [6.07, 6.45) is -4.64. The molecule has 1 aliphatic rings. The molecule has 0 atom stereocenters. The number of piperazine rings is 1. The molecule has 2 aromatic carbocycles. The van der Waals surface area contributed by atoms with Crippen LogP contribution in [0.15, 0.2) is 36.4 Å². The molecule has 1 fully saturated rings. The van der Waals surface area contributed by atoms with Gasteiger partial charge in [-0.15, -0.1) is 0 Å². The zero-order chi connectivity index (χ0) is 24.0. The summed E-state index contributed by atoms with van der Waals surface area (Å²) in [6, 6.07) is 8.18. The van der Waals surface area contributed by atoms with Crippen LogP contribution in [-0.4, -0.2) is 68.7 Å². The molecule has 33 heavy (non-hydrogen) atoms. The van der Waals surface area contributed by atoms with Crippen LogP contribution in [0.5, 0.6) is 11.5 Å². The number of benzene rings is 2. The summed E-state index contributed by atoms with van der Waals surface area (Å²) in [5.41, 5.74) is -0.934. The minimum absolute atomic E-state index is 0.0357. The van der Waals surface area contributed by atoms with E-state index in [-0.39, 0.29) is 17.0 Å². The Labute approximate surface area is 196 Å². The molecule has 1 aliphatic heterocycles. The molecule has 1 N–H and O–H groups in total. The molecule has 3 rings (SSSR count). The van der Waals surface area contributed by atoms with Crippen molar-refractivity contribution < 1.29 is 27.4 Å². The first-order valence-corrected chi connectivity index (χ1v) is 11.0. The lowest BCUT2D eigenvalue weighted by Crippen LogP contribution is -2.45. The molecule has 2 aromatic rings. The number of rotatable bonds is 8. The largest absolute Gasteiger partial charge is 0.493 e. The molecule has 10 heteroatoms. The Morgan fingerprint density at radius 3 is 2.39 bits per heavy atom. The minimum atomic E-state index is -4.64. The smallest absolute Gasteiger partial charge is 0.417 e. The zero-order valence-electron chi connectivity index (χ0n) is 18.5. The van der Waals surface area contributed by atoms with Crippen molar-refractivity contribution in [1.29, 1.82) is 0 Å². The van der Waals surface area contributed by atoms with Gasteiger partial charge in [0.1, 0.15) is 23.7 Å². The van der Waals surface area contributed by atoms with Crippen molar-refractivity contribution in [2.24, 2.45) is 0 Å². The lowest BCUT2D eigenvalue weighted by Gasteiger charge is -2.32. The van der Waals surface area contributed by atoms with Crippen LogP contribution >= 0.6 is 11.6 Å². The molecule has 0 aromatic heterocycles. The Bertz CT molecular complexity index is 964. The summed E-state index contributed by atoms with van der Waals surface area (Å²) in [6.45, 7) is 6.97.